The topological polar surface area (TPSA) is 70.6 Å². The highest BCUT2D eigenvalue weighted by Gasteiger charge is 2.15. The van der Waals surface area contributed by atoms with Crippen molar-refractivity contribution in [2.45, 2.75) is 18.9 Å². The first-order valence-corrected chi connectivity index (χ1v) is 6.26. The van der Waals surface area contributed by atoms with Gasteiger partial charge in [0, 0.05) is 11.8 Å². The average Bonchev–Trinajstić information content (AvgIpc) is 2.42. The van der Waals surface area contributed by atoms with E-state index in [0.29, 0.717) is 5.69 Å². The fourth-order valence-corrected chi connectivity index (χ4v) is 1.94. The van der Waals surface area contributed by atoms with E-state index in [1.54, 1.807) is 0 Å². The standard InChI is InChI=1S/C13H17FN2O3/c14-11-7-9(1-2-12(11)17)16-13(18)8-19-10-3-5-15-6-4-10/h1-2,7,10,15,17H,3-6,8H2,(H,16,18). The number of phenolic OH excluding ortho intramolecular Hbond substituents is 1. The van der Waals surface area contributed by atoms with E-state index in [4.69, 9.17) is 9.84 Å². The Kier molecular flexibility index (Phi) is 4.70. The van der Waals surface area contributed by atoms with Crippen LogP contribution in [0, 0.1) is 5.82 Å². The Balaban J connectivity index is 1.78. The Morgan fingerprint density at radius 2 is 2.21 bits per heavy atom. The lowest BCUT2D eigenvalue weighted by atomic mass is 10.1. The van der Waals surface area contributed by atoms with E-state index >= 15 is 0 Å². The third-order valence-corrected chi connectivity index (χ3v) is 2.97. The number of carbonyl (C=O) groups excluding carboxylic acids is 1. The molecule has 3 N–H and O–H groups in total. The zero-order chi connectivity index (χ0) is 13.7. The molecule has 0 unspecified atom stereocenters. The van der Waals surface area contributed by atoms with Crippen molar-refractivity contribution >= 4 is 11.6 Å². The van der Waals surface area contributed by atoms with Crippen LogP contribution in [0.4, 0.5) is 10.1 Å². The van der Waals surface area contributed by atoms with Gasteiger partial charge in [-0.15, -0.1) is 0 Å². The van der Waals surface area contributed by atoms with Crippen LogP contribution in [-0.4, -0.2) is 36.8 Å². The van der Waals surface area contributed by atoms with Gasteiger partial charge < -0.3 is 20.5 Å². The smallest absolute Gasteiger partial charge is 0.250 e. The van der Waals surface area contributed by atoms with Crippen LogP contribution in [-0.2, 0) is 9.53 Å². The number of aromatic hydroxyl groups is 1. The number of nitrogens with one attached hydrogen (secondary N) is 2. The van der Waals surface area contributed by atoms with Gasteiger partial charge in [-0.1, -0.05) is 0 Å². The van der Waals surface area contributed by atoms with E-state index in [-0.39, 0.29) is 18.6 Å². The third-order valence-electron chi connectivity index (χ3n) is 2.97. The van der Waals surface area contributed by atoms with Crippen molar-refractivity contribution in [3.63, 3.8) is 0 Å². The van der Waals surface area contributed by atoms with E-state index in [1.165, 1.54) is 12.1 Å². The SMILES string of the molecule is O=C(COC1CCNCC1)Nc1ccc(O)c(F)c1. The molecule has 0 atom stereocenters. The van der Waals surface area contributed by atoms with Crippen LogP contribution in [0.1, 0.15) is 12.8 Å². The summed E-state index contributed by atoms with van der Waals surface area (Å²) in [6, 6.07) is 3.69. The van der Waals surface area contributed by atoms with Crippen molar-refractivity contribution in [3.05, 3.63) is 24.0 Å². The minimum absolute atomic E-state index is 0.0485. The summed E-state index contributed by atoms with van der Waals surface area (Å²) >= 11 is 0. The molecule has 6 heteroatoms. The van der Waals surface area contributed by atoms with Crippen molar-refractivity contribution in [1.29, 1.82) is 0 Å². The lowest BCUT2D eigenvalue weighted by molar-refractivity contribution is -0.123. The van der Waals surface area contributed by atoms with Crippen molar-refractivity contribution in [1.82, 2.24) is 5.32 Å². The minimum atomic E-state index is -0.767. The van der Waals surface area contributed by atoms with Gasteiger partial charge in [0.2, 0.25) is 5.91 Å². The zero-order valence-electron chi connectivity index (χ0n) is 10.5. The van der Waals surface area contributed by atoms with Crippen LogP contribution in [0.25, 0.3) is 0 Å². The van der Waals surface area contributed by atoms with Crippen molar-refractivity contribution in [2.24, 2.45) is 0 Å². The van der Waals surface area contributed by atoms with E-state index in [2.05, 4.69) is 10.6 Å². The summed E-state index contributed by atoms with van der Waals surface area (Å²) in [5, 5.41) is 14.8. The van der Waals surface area contributed by atoms with Crippen LogP contribution in [0.5, 0.6) is 5.75 Å². The molecule has 104 valence electrons. The second kappa shape index (κ2) is 6.49. The first-order chi connectivity index (χ1) is 9.15. The minimum Gasteiger partial charge on any atom is -0.505 e. The van der Waals surface area contributed by atoms with Crippen LogP contribution >= 0.6 is 0 Å². The average molecular weight is 268 g/mol. The van der Waals surface area contributed by atoms with Gasteiger partial charge in [0.15, 0.2) is 11.6 Å². The Morgan fingerprint density at radius 1 is 1.47 bits per heavy atom. The predicted molar refractivity (Wildman–Crippen MR) is 68.5 cm³/mol. The highest BCUT2D eigenvalue weighted by atomic mass is 19.1. The molecule has 1 aromatic carbocycles. The molecule has 0 radical (unpaired) electrons. The number of anilines is 1. The number of halogens is 1. The number of ether oxygens (including phenoxy) is 1. The van der Waals surface area contributed by atoms with Crippen LogP contribution in [0.3, 0.4) is 0 Å². The summed E-state index contributed by atoms with van der Waals surface area (Å²) in [6.07, 6.45) is 1.88. The number of hydrogen-bond acceptors (Lipinski definition) is 4. The lowest BCUT2D eigenvalue weighted by Crippen LogP contribution is -2.34. The first kappa shape index (κ1) is 13.8. The molecule has 1 aliphatic heterocycles. The van der Waals surface area contributed by atoms with Crippen LogP contribution < -0.4 is 10.6 Å². The maximum atomic E-state index is 13.1. The second-order valence-corrected chi connectivity index (χ2v) is 4.47. The van der Waals surface area contributed by atoms with Gasteiger partial charge in [0.05, 0.1) is 6.10 Å². The molecule has 1 aliphatic rings. The zero-order valence-corrected chi connectivity index (χ0v) is 10.5. The maximum Gasteiger partial charge on any atom is 0.250 e. The Labute approximate surface area is 110 Å². The normalized spacial score (nSPS) is 16.3. The molecule has 1 fully saturated rings. The van der Waals surface area contributed by atoms with Crippen molar-refractivity contribution in [3.8, 4) is 5.75 Å². The van der Waals surface area contributed by atoms with Gasteiger partial charge in [-0.3, -0.25) is 4.79 Å². The molecule has 1 amide bonds. The van der Waals surface area contributed by atoms with E-state index in [9.17, 15) is 9.18 Å². The highest BCUT2D eigenvalue weighted by Crippen LogP contribution is 2.19. The predicted octanol–water partition coefficient (Wildman–Crippen LogP) is 1.24. The van der Waals surface area contributed by atoms with Gasteiger partial charge in [0.25, 0.3) is 0 Å². The molecular weight excluding hydrogens is 251 g/mol. The Bertz CT molecular complexity index is 448. The second-order valence-electron chi connectivity index (χ2n) is 4.47. The van der Waals surface area contributed by atoms with Crippen LogP contribution in [0.2, 0.25) is 0 Å². The molecule has 0 bridgehead atoms. The molecule has 1 saturated heterocycles. The number of hydrogen-bond donors (Lipinski definition) is 3. The van der Waals surface area contributed by atoms with E-state index in [0.717, 1.165) is 32.0 Å². The fraction of sp³-hybridized carbons (Fsp3) is 0.462. The fourth-order valence-electron chi connectivity index (χ4n) is 1.94. The number of rotatable bonds is 4. The third kappa shape index (κ3) is 4.18. The number of piperidine rings is 1. The largest absolute Gasteiger partial charge is 0.505 e. The number of amides is 1. The van der Waals surface area contributed by atoms with Gasteiger partial charge >= 0.3 is 0 Å². The summed E-state index contributed by atoms with van der Waals surface area (Å²) in [6.45, 7) is 1.75. The molecule has 1 aromatic rings. The van der Waals surface area contributed by atoms with Gasteiger partial charge in [-0.2, -0.15) is 0 Å². The van der Waals surface area contributed by atoms with E-state index in [1.807, 2.05) is 0 Å². The van der Waals surface area contributed by atoms with Gasteiger partial charge in [0.1, 0.15) is 6.61 Å². The number of phenols is 1. The molecule has 0 spiro atoms. The Hall–Kier alpha value is -1.66. The molecule has 0 saturated carbocycles. The number of carbonyl (C=O) groups is 1. The van der Waals surface area contributed by atoms with Crippen molar-refractivity contribution < 1.29 is 19.0 Å². The Morgan fingerprint density at radius 3 is 2.89 bits per heavy atom. The highest BCUT2D eigenvalue weighted by molar-refractivity contribution is 5.91. The lowest BCUT2D eigenvalue weighted by Gasteiger charge is -2.22. The van der Waals surface area contributed by atoms with Crippen LogP contribution in [0.15, 0.2) is 18.2 Å². The van der Waals surface area contributed by atoms with E-state index < -0.39 is 11.6 Å². The maximum absolute atomic E-state index is 13.1. The summed E-state index contributed by atoms with van der Waals surface area (Å²) in [7, 11) is 0. The molecule has 1 heterocycles. The number of benzene rings is 1. The molecule has 19 heavy (non-hydrogen) atoms. The van der Waals surface area contributed by atoms with Gasteiger partial charge in [-0.05, 0) is 38.1 Å². The molecular formula is C13H17FN2O3. The quantitative estimate of drug-likeness (QED) is 0.718. The molecule has 2 rings (SSSR count). The van der Waals surface area contributed by atoms with Crippen molar-refractivity contribution in [2.75, 3.05) is 25.0 Å². The molecule has 0 aliphatic carbocycles. The summed E-state index contributed by atoms with van der Waals surface area (Å²) in [4.78, 5) is 11.6. The molecule has 0 aromatic heterocycles. The first-order valence-electron chi connectivity index (χ1n) is 6.26. The summed E-state index contributed by atoms with van der Waals surface area (Å²) in [5.74, 6) is -1.54. The molecule has 5 nitrogen and oxygen atoms in total. The monoisotopic (exact) mass is 268 g/mol. The summed E-state index contributed by atoms with van der Waals surface area (Å²) < 4.78 is 18.5. The van der Waals surface area contributed by atoms with Gasteiger partial charge in [-0.25, -0.2) is 4.39 Å². The summed E-state index contributed by atoms with van der Waals surface area (Å²) in [5.41, 5.74) is 0.300.